The van der Waals surface area contributed by atoms with E-state index >= 15 is 0 Å². The fourth-order valence-corrected chi connectivity index (χ4v) is 1.57. The third kappa shape index (κ3) is 4.08. The SMILES string of the molecule is COc1ccc(CCC(=O)NC(C)=O)c(OC)c1. The molecule has 1 aromatic rings. The number of benzene rings is 1. The summed E-state index contributed by atoms with van der Waals surface area (Å²) in [6.45, 7) is 1.31. The molecule has 18 heavy (non-hydrogen) atoms. The van der Waals surface area contributed by atoms with E-state index in [1.807, 2.05) is 6.07 Å². The zero-order valence-corrected chi connectivity index (χ0v) is 10.8. The van der Waals surface area contributed by atoms with E-state index in [1.54, 1.807) is 26.4 Å². The summed E-state index contributed by atoms with van der Waals surface area (Å²) in [5.74, 6) is 0.732. The molecule has 0 aromatic heterocycles. The van der Waals surface area contributed by atoms with E-state index < -0.39 is 0 Å². The molecule has 1 N–H and O–H groups in total. The predicted molar refractivity (Wildman–Crippen MR) is 66.7 cm³/mol. The summed E-state index contributed by atoms with van der Waals surface area (Å²) < 4.78 is 10.3. The molecule has 0 fully saturated rings. The largest absolute Gasteiger partial charge is 0.497 e. The van der Waals surface area contributed by atoms with Crippen LogP contribution in [0.1, 0.15) is 18.9 Å². The van der Waals surface area contributed by atoms with E-state index in [1.165, 1.54) is 6.92 Å². The monoisotopic (exact) mass is 251 g/mol. The number of ether oxygens (including phenoxy) is 2. The first kappa shape index (κ1) is 14.0. The Bertz CT molecular complexity index is 443. The molecule has 1 aromatic carbocycles. The lowest BCUT2D eigenvalue weighted by atomic mass is 10.1. The average molecular weight is 251 g/mol. The highest BCUT2D eigenvalue weighted by Crippen LogP contribution is 2.25. The van der Waals surface area contributed by atoms with Gasteiger partial charge in [-0.15, -0.1) is 0 Å². The van der Waals surface area contributed by atoms with Crippen molar-refractivity contribution in [1.29, 1.82) is 0 Å². The Kier molecular flexibility index (Phi) is 5.17. The Labute approximate surface area is 106 Å². The molecule has 0 spiro atoms. The number of carbonyl (C=O) groups is 2. The summed E-state index contributed by atoms with van der Waals surface area (Å²) in [5, 5.41) is 2.23. The minimum atomic E-state index is -0.346. The van der Waals surface area contributed by atoms with Gasteiger partial charge in [0, 0.05) is 19.4 Å². The lowest BCUT2D eigenvalue weighted by Crippen LogP contribution is -2.28. The van der Waals surface area contributed by atoms with Gasteiger partial charge in [0.1, 0.15) is 11.5 Å². The first-order valence-corrected chi connectivity index (χ1v) is 5.58. The van der Waals surface area contributed by atoms with Gasteiger partial charge in [0.05, 0.1) is 14.2 Å². The number of hydrogen-bond acceptors (Lipinski definition) is 4. The lowest BCUT2D eigenvalue weighted by Gasteiger charge is -2.10. The molecule has 98 valence electrons. The van der Waals surface area contributed by atoms with Crippen LogP contribution in [0, 0.1) is 0 Å². The quantitative estimate of drug-likeness (QED) is 0.856. The Morgan fingerprint density at radius 1 is 1.22 bits per heavy atom. The van der Waals surface area contributed by atoms with Crippen LogP contribution < -0.4 is 14.8 Å². The second-order valence-corrected chi connectivity index (χ2v) is 3.78. The van der Waals surface area contributed by atoms with E-state index in [0.717, 1.165) is 5.56 Å². The molecule has 0 bridgehead atoms. The molecule has 1 rings (SSSR count). The highest BCUT2D eigenvalue weighted by Gasteiger charge is 2.08. The molecule has 0 radical (unpaired) electrons. The van der Waals surface area contributed by atoms with E-state index in [0.29, 0.717) is 17.9 Å². The normalized spacial score (nSPS) is 9.72. The Hall–Kier alpha value is -2.04. The van der Waals surface area contributed by atoms with Crippen molar-refractivity contribution in [3.8, 4) is 11.5 Å². The van der Waals surface area contributed by atoms with Crippen LogP contribution in [0.25, 0.3) is 0 Å². The van der Waals surface area contributed by atoms with Gasteiger partial charge in [-0.2, -0.15) is 0 Å². The molecule has 0 unspecified atom stereocenters. The van der Waals surface area contributed by atoms with Crippen LogP contribution in [0.15, 0.2) is 18.2 Å². The number of rotatable bonds is 5. The van der Waals surface area contributed by atoms with Crippen LogP contribution in [0.4, 0.5) is 0 Å². The number of aryl methyl sites for hydroxylation is 1. The number of nitrogens with one attached hydrogen (secondary N) is 1. The van der Waals surface area contributed by atoms with Crippen LogP contribution >= 0.6 is 0 Å². The van der Waals surface area contributed by atoms with Gasteiger partial charge in [0.25, 0.3) is 0 Å². The molecule has 0 aliphatic carbocycles. The van der Waals surface area contributed by atoms with E-state index in [-0.39, 0.29) is 18.2 Å². The topological polar surface area (TPSA) is 64.6 Å². The number of hydrogen-bond donors (Lipinski definition) is 1. The maximum atomic E-state index is 11.4. The van der Waals surface area contributed by atoms with Crippen molar-refractivity contribution in [2.24, 2.45) is 0 Å². The zero-order chi connectivity index (χ0) is 13.5. The van der Waals surface area contributed by atoms with Gasteiger partial charge in [-0.3, -0.25) is 14.9 Å². The Morgan fingerprint density at radius 3 is 2.50 bits per heavy atom. The molecule has 2 amide bonds. The standard InChI is InChI=1S/C13H17NO4/c1-9(15)14-13(16)7-5-10-4-6-11(17-2)8-12(10)18-3/h4,6,8H,5,7H2,1-3H3,(H,14,15,16). The molecule has 0 aliphatic rings. The third-order valence-corrected chi connectivity index (χ3v) is 2.43. The number of methoxy groups -OCH3 is 2. The van der Waals surface area contributed by atoms with Crippen LogP contribution in [0.3, 0.4) is 0 Å². The third-order valence-electron chi connectivity index (χ3n) is 2.43. The smallest absolute Gasteiger partial charge is 0.226 e. The summed E-state index contributed by atoms with van der Waals surface area (Å²) in [6, 6.07) is 5.41. The highest BCUT2D eigenvalue weighted by molar-refractivity contribution is 5.94. The maximum Gasteiger partial charge on any atom is 0.226 e. The molecule has 5 nitrogen and oxygen atoms in total. The molecular formula is C13H17NO4. The van der Waals surface area contributed by atoms with E-state index in [4.69, 9.17) is 9.47 Å². The lowest BCUT2D eigenvalue weighted by molar-refractivity contribution is -0.129. The summed E-state index contributed by atoms with van der Waals surface area (Å²) in [4.78, 5) is 22.1. The molecule has 0 saturated heterocycles. The fourth-order valence-electron chi connectivity index (χ4n) is 1.57. The molecular weight excluding hydrogens is 234 g/mol. The van der Waals surface area contributed by atoms with E-state index in [2.05, 4.69) is 5.32 Å². The van der Waals surface area contributed by atoms with Gasteiger partial charge in [0.2, 0.25) is 11.8 Å². The Morgan fingerprint density at radius 2 is 1.94 bits per heavy atom. The van der Waals surface area contributed by atoms with Crippen LogP contribution in [-0.2, 0) is 16.0 Å². The minimum absolute atomic E-state index is 0.238. The van der Waals surface area contributed by atoms with Crippen molar-refractivity contribution in [2.45, 2.75) is 19.8 Å². The zero-order valence-electron chi connectivity index (χ0n) is 10.8. The van der Waals surface area contributed by atoms with Gasteiger partial charge < -0.3 is 9.47 Å². The van der Waals surface area contributed by atoms with Gasteiger partial charge in [-0.05, 0) is 18.1 Å². The number of imide groups is 1. The predicted octanol–water partition coefficient (Wildman–Crippen LogP) is 1.30. The van der Waals surface area contributed by atoms with Crippen LogP contribution in [-0.4, -0.2) is 26.0 Å². The number of carbonyl (C=O) groups excluding carboxylic acids is 2. The summed E-state index contributed by atoms with van der Waals surface area (Å²) in [6.07, 6.45) is 0.745. The van der Waals surface area contributed by atoms with Gasteiger partial charge in [-0.1, -0.05) is 6.07 Å². The van der Waals surface area contributed by atoms with Crippen LogP contribution in [0.2, 0.25) is 0 Å². The van der Waals surface area contributed by atoms with Crippen molar-refractivity contribution in [3.05, 3.63) is 23.8 Å². The van der Waals surface area contributed by atoms with Crippen LogP contribution in [0.5, 0.6) is 11.5 Å². The highest BCUT2D eigenvalue weighted by atomic mass is 16.5. The molecule has 0 aliphatic heterocycles. The summed E-state index contributed by atoms with van der Waals surface area (Å²) >= 11 is 0. The van der Waals surface area contributed by atoms with Gasteiger partial charge >= 0.3 is 0 Å². The number of amides is 2. The molecule has 0 atom stereocenters. The molecule has 0 saturated carbocycles. The Balaban J connectivity index is 2.67. The molecule has 0 heterocycles. The van der Waals surface area contributed by atoms with E-state index in [9.17, 15) is 9.59 Å². The summed E-state index contributed by atoms with van der Waals surface area (Å²) in [5.41, 5.74) is 0.900. The average Bonchev–Trinajstić information content (AvgIpc) is 2.35. The summed E-state index contributed by atoms with van der Waals surface area (Å²) in [7, 11) is 3.14. The van der Waals surface area contributed by atoms with Crippen molar-refractivity contribution in [3.63, 3.8) is 0 Å². The first-order valence-electron chi connectivity index (χ1n) is 5.58. The van der Waals surface area contributed by atoms with Crippen molar-refractivity contribution in [2.75, 3.05) is 14.2 Å². The van der Waals surface area contributed by atoms with Crippen molar-refractivity contribution < 1.29 is 19.1 Å². The second kappa shape index (κ2) is 6.64. The second-order valence-electron chi connectivity index (χ2n) is 3.78. The fraction of sp³-hybridized carbons (Fsp3) is 0.385. The van der Waals surface area contributed by atoms with Gasteiger partial charge in [-0.25, -0.2) is 0 Å². The van der Waals surface area contributed by atoms with Crippen molar-refractivity contribution >= 4 is 11.8 Å². The minimum Gasteiger partial charge on any atom is -0.497 e. The van der Waals surface area contributed by atoms with Gasteiger partial charge in [0.15, 0.2) is 0 Å². The maximum absolute atomic E-state index is 11.4. The molecule has 5 heteroatoms. The van der Waals surface area contributed by atoms with Crippen molar-refractivity contribution in [1.82, 2.24) is 5.32 Å². The first-order chi connectivity index (χ1) is 8.56.